The molecule has 2 rings (SSSR count). The number of anilines is 1. The molecular weight excluding hydrogens is 264 g/mol. The van der Waals surface area contributed by atoms with Gasteiger partial charge in [0.1, 0.15) is 5.69 Å². The summed E-state index contributed by atoms with van der Waals surface area (Å²) in [4.78, 5) is 23.4. The number of hydrogen-bond donors (Lipinski definition) is 1. The van der Waals surface area contributed by atoms with Crippen LogP contribution in [0.4, 0.5) is 11.4 Å². The molecular formula is C13H16N2O5. The molecule has 7 heteroatoms. The Hall–Kier alpha value is -2.15. The van der Waals surface area contributed by atoms with Crippen LogP contribution in [0.2, 0.25) is 0 Å². The SMILES string of the molecule is COC1CCN(c2cc(C(=O)O)ccc2[N+](=O)[O-])CC1. The first-order valence-electron chi connectivity index (χ1n) is 6.32. The number of carboxylic acid groups (broad SMARTS) is 1. The van der Waals surface area contributed by atoms with Crippen molar-refractivity contribution in [1.82, 2.24) is 0 Å². The normalized spacial score (nSPS) is 16.1. The van der Waals surface area contributed by atoms with E-state index in [1.807, 2.05) is 4.90 Å². The van der Waals surface area contributed by atoms with Crippen LogP contribution < -0.4 is 4.90 Å². The van der Waals surface area contributed by atoms with E-state index >= 15 is 0 Å². The van der Waals surface area contributed by atoms with E-state index < -0.39 is 10.9 Å². The topological polar surface area (TPSA) is 92.9 Å². The Bertz CT molecular complexity index is 523. The molecule has 7 nitrogen and oxygen atoms in total. The zero-order valence-electron chi connectivity index (χ0n) is 11.1. The molecule has 0 amide bonds. The van der Waals surface area contributed by atoms with Crippen LogP contribution in [-0.2, 0) is 4.74 Å². The number of benzene rings is 1. The van der Waals surface area contributed by atoms with E-state index in [0.29, 0.717) is 18.8 Å². The van der Waals surface area contributed by atoms with Gasteiger partial charge in [0.05, 0.1) is 16.6 Å². The first-order valence-corrected chi connectivity index (χ1v) is 6.32. The van der Waals surface area contributed by atoms with Crippen LogP contribution in [0.15, 0.2) is 18.2 Å². The van der Waals surface area contributed by atoms with Gasteiger partial charge in [-0.1, -0.05) is 0 Å². The number of hydrogen-bond acceptors (Lipinski definition) is 5. The smallest absolute Gasteiger partial charge is 0.335 e. The number of carboxylic acids is 1. The summed E-state index contributed by atoms with van der Waals surface area (Å²) in [6, 6.07) is 3.88. The second-order valence-electron chi connectivity index (χ2n) is 4.69. The molecule has 1 aromatic carbocycles. The van der Waals surface area contributed by atoms with E-state index in [1.165, 1.54) is 18.2 Å². The predicted molar refractivity (Wildman–Crippen MR) is 72.3 cm³/mol. The number of nitro groups is 1. The molecule has 0 atom stereocenters. The fourth-order valence-corrected chi connectivity index (χ4v) is 2.40. The molecule has 0 radical (unpaired) electrons. The number of ether oxygens (including phenoxy) is 1. The fraction of sp³-hybridized carbons (Fsp3) is 0.462. The third-order valence-corrected chi connectivity index (χ3v) is 3.54. The van der Waals surface area contributed by atoms with Crippen LogP contribution in [0.3, 0.4) is 0 Å². The monoisotopic (exact) mass is 280 g/mol. The molecule has 1 aliphatic heterocycles. The van der Waals surface area contributed by atoms with Crippen molar-refractivity contribution in [1.29, 1.82) is 0 Å². The number of nitro benzene ring substituents is 1. The fourth-order valence-electron chi connectivity index (χ4n) is 2.40. The van der Waals surface area contributed by atoms with E-state index in [1.54, 1.807) is 7.11 Å². The number of carbonyl (C=O) groups is 1. The van der Waals surface area contributed by atoms with Crippen LogP contribution in [0, 0.1) is 10.1 Å². The van der Waals surface area contributed by atoms with Crippen molar-refractivity contribution in [2.45, 2.75) is 18.9 Å². The molecule has 0 aromatic heterocycles. The second-order valence-corrected chi connectivity index (χ2v) is 4.69. The van der Waals surface area contributed by atoms with Crippen molar-refractivity contribution in [3.63, 3.8) is 0 Å². The van der Waals surface area contributed by atoms with Gasteiger partial charge in [-0.25, -0.2) is 4.79 Å². The summed E-state index contributed by atoms with van der Waals surface area (Å²) >= 11 is 0. The van der Waals surface area contributed by atoms with Crippen LogP contribution >= 0.6 is 0 Å². The van der Waals surface area contributed by atoms with Crippen molar-refractivity contribution >= 4 is 17.3 Å². The molecule has 0 spiro atoms. The maximum absolute atomic E-state index is 11.1. The number of nitrogens with zero attached hydrogens (tertiary/aromatic N) is 2. The number of methoxy groups -OCH3 is 1. The van der Waals surface area contributed by atoms with Gasteiger partial charge in [0.2, 0.25) is 0 Å². The van der Waals surface area contributed by atoms with E-state index in [9.17, 15) is 14.9 Å². The number of piperidine rings is 1. The van der Waals surface area contributed by atoms with Crippen LogP contribution in [-0.4, -0.2) is 42.3 Å². The van der Waals surface area contributed by atoms with Gasteiger partial charge >= 0.3 is 5.97 Å². The van der Waals surface area contributed by atoms with E-state index in [4.69, 9.17) is 9.84 Å². The third-order valence-electron chi connectivity index (χ3n) is 3.54. The van der Waals surface area contributed by atoms with Crippen molar-refractivity contribution in [2.75, 3.05) is 25.1 Å². The molecule has 1 N–H and O–H groups in total. The average Bonchev–Trinajstić information content (AvgIpc) is 2.46. The van der Waals surface area contributed by atoms with E-state index in [0.717, 1.165) is 12.8 Å². The highest BCUT2D eigenvalue weighted by Gasteiger charge is 2.25. The van der Waals surface area contributed by atoms with Gasteiger partial charge in [0.15, 0.2) is 0 Å². The molecule has 0 saturated carbocycles. The maximum Gasteiger partial charge on any atom is 0.335 e. The largest absolute Gasteiger partial charge is 0.478 e. The predicted octanol–water partition coefficient (Wildman–Crippen LogP) is 1.91. The van der Waals surface area contributed by atoms with Crippen LogP contribution in [0.1, 0.15) is 23.2 Å². The third kappa shape index (κ3) is 2.88. The summed E-state index contributed by atoms with van der Waals surface area (Å²) < 4.78 is 5.26. The Morgan fingerprint density at radius 2 is 2.10 bits per heavy atom. The van der Waals surface area contributed by atoms with Gasteiger partial charge in [-0.05, 0) is 25.0 Å². The minimum Gasteiger partial charge on any atom is -0.478 e. The van der Waals surface area contributed by atoms with Crippen LogP contribution in [0.5, 0.6) is 0 Å². The Balaban J connectivity index is 2.31. The zero-order valence-corrected chi connectivity index (χ0v) is 11.1. The summed E-state index contributed by atoms with van der Waals surface area (Å²) in [5.41, 5.74) is 0.356. The molecule has 1 heterocycles. The maximum atomic E-state index is 11.1. The number of rotatable bonds is 4. The summed E-state index contributed by atoms with van der Waals surface area (Å²) in [5.74, 6) is -1.09. The zero-order chi connectivity index (χ0) is 14.7. The van der Waals surface area contributed by atoms with Crippen molar-refractivity contribution < 1.29 is 19.6 Å². The summed E-state index contributed by atoms with van der Waals surface area (Å²) in [7, 11) is 1.65. The van der Waals surface area contributed by atoms with Gasteiger partial charge in [0.25, 0.3) is 5.69 Å². The lowest BCUT2D eigenvalue weighted by Crippen LogP contribution is -2.37. The molecule has 0 unspecified atom stereocenters. The summed E-state index contributed by atoms with van der Waals surface area (Å²) in [6.07, 6.45) is 1.70. The highest BCUT2D eigenvalue weighted by atomic mass is 16.6. The molecule has 20 heavy (non-hydrogen) atoms. The summed E-state index contributed by atoms with van der Waals surface area (Å²) in [6.45, 7) is 1.23. The molecule has 1 aliphatic rings. The van der Waals surface area contributed by atoms with E-state index in [2.05, 4.69) is 0 Å². The minimum absolute atomic E-state index is 0.0551. The van der Waals surface area contributed by atoms with E-state index in [-0.39, 0.29) is 17.4 Å². The molecule has 1 aromatic rings. The Kier molecular flexibility index (Phi) is 4.19. The molecule has 0 bridgehead atoms. The Morgan fingerprint density at radius 1 is 1.45 bits per heavy atom. The average molecular weight is 280 g/mol. The Morgan fingerprint density at radius 3 is 2.60 bits per heavy atom. The molecule has 1 saturated heterocycles. The lowest BCUT2D eigenvalue weighted by molar-refractivity contribution is -0.384. The van der Waals surface area contributed by atoms with Gasteiger partial charge < -0.3 is 14.7 Å². The minimum atomic E-state index is -1.09. The first kappa shape index (κ1) is 14.3. The lowest BCUT2D eigenvalue weighted by Gasteiger charge is -2.32. The molecule has 108 valence electrons. The van der Waals surface area contributed by atoms with Gasteiger partial charge in [-0.2, -0.15) is 0 Å². The standard InChI is InChI=1S/C13H16N2O5/c1-20-10-4-6-14(7-5-10)12-8-9(13(16)17)2-3-11(12)15(18)19/h2-3,8,10H,4-7H2,1H3,(H,16,17). The van der Waals surface area contributed by atoms with Gasteiger partial charge in [-0.15, -0.1) is 0 Å². The second kappa shape index (κ2) is 5.87. The van der Waals surface area contributed by atoms with Gasteiger partial charge in [0, 0.05) is 26.3 Å². The van der Waals surface area contributed by atoms with Crippen LogP contribution in [0.25, 0.3) is 0 Å². The first-order chi connectivity index (χ1) is 9.52. The summed E-state index contributed by atoms with van der Waals surface area (Å²) in [5, 5.41) is 20.1. The lowest BCUT2D eigenvalue weighted by atomic mass is 10.1. The van der Waals surface area contributed by atoms with Crippen molar-refractivity contribution in [2.24, 2.45) is 0 Å². The van der Waals surface area contributed by atoms with Crippen molar-refractivity contribution in [3.8, 4) is 0 Å². The van der Waals surface area contributed by atoms with Crippen molar-refractivity contribution in [3.05, 3.63) is 33.9 Å². The highest BCUT2D eigenvalue weighted by molar-refractivity contribution is 5.90. The highest BCUT2D eigenvalue weighted by Crippen LogP contribution is 2.31. The Labute approximate surface area is 115 Å². The van der Waals surface area contributed by atoms with Gasteiger partial charge in [-0.3, -0.25) is 10.1 Å². The molecule has 0 aliphatic carbocycles. The number of aromatic carboxylic acids is 1. The quantitative estimate of drug-likeness (QED) is 0.669. The molecule has 1 fully saturated rings.